The van der Waals surface area contributed by atoms with E-state index >= 15 is 0 Å². The van der Waals surface area contributed by atoms with E-state index < -0.39 is 11.1 Å². The van der Waals surface area contributed by atoms with E-state index in [-0.39, 0.29) is 5.75 Å². The molecule has 2 rings (SSSR count). The lowest BCUT2D eigenvalue weighted by Gasteiger charge is -2.06. The van der Waals surface area contributed by atoms with E-state index in [4.69, 9.17) is 5.73 Å². The third-order valence-electron chi connectivity index (χ3n) is 2.36. The summed E-state index contributed by atoms with van der Waals surface area (Å²) < 4.78 is 21.1. The van der Waals surface area contributed by atoms with E-state index in [1.54, 1.807) is 24.4 Å². The van der Waals surface area contributed by atoms with Crippen LogP contribution in [0.1, 0.15) is 5.56 Å². The van der Waals surface area contributed by atoms with Crippen molar-refractivity contribution in [1.29, 1.82) is 0 Å². The average Bonchev–Trinajstić information content (AvgIpc) is 2.30. The highest BCUT2D eigenvalue weighted by Gasteiger charge is 1.99. The number of benzene rings is 1. The minimum absolute atomic E-state index is 0.0419. The molecule has 1 aromatic carbocycles. The van der Waals surface area contributed by atoms with Gasteiger partial charge in [0.1, 0.15) is 5.82 Å². The number of anilines is 1. The van der Waals surface area contributed by atoms with Gasteiger partial charge in [0.2, 0.25) is 0 Å². The second-order valence-corrected chi connectivity index (χ2v) is 4.51. The zero-order chi connectivity index (χ0) is 12.3. The van der Waals surface area contributed by atoms with E-state index in [9.17, 15) is 8.76 Å². The molecule has 88 valence electrons. The summed E-state index contributed by atoms with van der Waals surface area (Å²) in [5.74, 6) is 0.521. The van der Waals surface area contributed by atoms with Crippen LogP contribution in [0, 0.1) is 0 Å². The molecule has 0 aliphatic rings. The minimum Gasteiger partial charge on any atom is -0.772 e. The number of nitrogen functional groups attached to an aromatic ring is 1. The van der Waals surface area contributed by atoms with Gasteiger partial charge in [-0.15, -0.1) is 0 Å². The highest BCUT2D eigenvalue weighted by molar-refractivity contribution is 7.78. The van der Waals surface area contributed by atoms with E-state index in [1.807, 2.05) is 18.2 Å². The first-order valence-electron chi connectivity index (χ1n) is 5.02. The van der Waals surface area contributed by atoms with Crippen LogP contribution in [0.25, 0.3) is 11.1 Å². The quantitative estimate of drug-likeness (QED) is 0.837. The van der Waals surface area contributed by atoms with Crippen molar-refractivity contribution in [2.24, 2.45) is 0 Å². The molecule has 1 heterocycles. The summed E-state index contributed by atoms with van der Waals surface area (Å²) in [5.41, 5.74) is 8.21. The molecular formula is C12H11N2O2S-. The Morgan fingerprint density at radius 3 is 2.29 bits per heavy atom. The van der Waals surface area contributed by atoms with Gasteiger partial charge in [-0.05, 0) is 23.3 Å². The zero-order valence-corrected chi connectivity index (χ0v) is 9.81. The minimum atomic E-state index is -2.05. The monoisotopic (exact) mass is 247 g/mol. The second kappa shape index (κ2) is 5.07. The highest BCUT2D eigenvalue weighted by atomic mass is 32.2. The van der Waals surface area contributed by atoms with Gasteiger partial charge in [-0.2, -0.15) is 0 Å². The van der Waals surface area contributed by atoms with Crippen LogP contribution >= 0.6 is 0 Å². The fourth-order valence-electron chi connectivity index (χ4n) is 1.51. The Bertz CT molecular complexity index is 523. The molecule has 0 radical (unpaired) electrons. The van der Waals surface area contributed by atoms with Crippen LogP contribution < -0.4 is 5.73 Å². The molecule has 1 atom stereocenters. The molecule has 0 aliphatic heterocycles. The van der Waals surface area contributed by atoms with Crippen LogP contribution in [0.2, 0.25) is 0 Å². The zero-order valence-electron chi connectivity index (χ0n) is 9.00. The van der Waals surface area contributed by atoms with E-state index in [0.29, 0.717) is 5.82 Å². The van der Waals surface area contributed by atoms with Crippen LogP contribution in [-0.4, -0.2) is 13.7 Å². The molecule has 0 fully saturated rings. The predicted octanol–water partition coefficient (Wildman–Crippen LogP) is 1.71. The van der Waals surface area contributed by atoms with Gasteiger partial charge >= 0.3 is 0 Å². The van der Waals surface area contributed by atoms with Crippen molar-refractivity contribution in [2.75, 3.05) is 5.73 Å². The lowest BCUT2D eigenvalue weighted by Crippen LogP contribution is -1.93. The Kier molecular flexibility index (Phi) is 3.51. The molecule has 0 aliphatic carbocycles. The van der Waals surface area contributed by atoms with E-state index in [1.165, 1.54) is 0 Å². The molecule has 1 unspecified atom stereocenters. The van der Waals surface area contributed by atoms with Gasteiger partial charge in [0.25, 0.3) is 0 Å². The van der Waals surface area contributed by atoms with Gasteiger partial charge in [-0.1, -0.05) is 35.3 Å². The van der Waals surface area contributed by atoms with Gasteiger partial charge in [-0.25, -0.2) is 4.98 Å². The van der Waals surface area contributed by atoms with Crippen LogP contribution in [0.4, 0.5) is 5.82 Å². The Morgan fingerprint density at radius 1 is 1.12 bits per heavy atom. The van der Waals surface area contributed by atoms with Crippen molar-refractivity contribution < 1.29 is 8.76 Å². The summed E-state index contributed by atoms with van der Waals surface area (Å²) in [6.45, 7) is 0. The summed E-state index contributed by atoms with van der Waals surface area (Å²) in [7, 11) is 0. The molecule has 4 nitrogen and oxygen atoms in total. The molecule has 17 heavy (non-hydrogen) atoms. The summed E-state index contributed by atoms with van der Waals surface area (Å²) in [5, 5.41) is 0. The lowest BCUT2D eigenvalue weighted by molar-refractivity contribution is 0.536. The molecule has 5 heteroatoms. The van der Waals surface area contributed by atoms with E-state index in [0.717, 1.165) is 16.7 Å². The predicted molar refractivity (Wildman–Crippen MR) is 66.7 cm³/mol. The van der Waals surface area contributed by atoms with Gasteiger partial charge in [0, 0.05) is 17.5 Å². The summed E-state index contributed by atoms with van der Waals surface area (Å²) in [6.07, 6.45) is 1.69. The molecule has 0 bridgehead atoms. The number of rotatable bonds is 3. The fourth-order valence-corrected chi connectivity index (χ4v) is 1.97. The number of aromatic nitrogens is 1. The van der Waals surface area contributed by atoms with Crippen molar-refractivity contribution in [2.45, 2.75) is 5.75 Å². The fraction of sp³-hybridized carbons (Fsp3) is 0.0833. The van der Waals surface area contributed by atoms with Crippen molar-refractivity contribution in [3.8, 4) is 11.1 Å². The Hall–Kier alpha value is -1.72. The smallest absolute Gasteiger partial charge is 0.123 e. The topological polar surface area (TPSA) is 79.0 Å². The number of nitrogens with zero attached hydrogens (tertiary/aromatic N) is 1. The van der Waals surface area contributed by atoms with Gasteiger partial charge < -0.3 is 10.3 Å². The van der Waals surface area contributed by atoms with Crippen LogP contribution in [-0.2, 0) is 16.8 Å². The Labute approximate surface area is 102 Å². The van der Waals surface area contributed by atoms with Crippen LogP contribution in [0.15, 0.2) is 42.6 Å². The molecule has 2 N–H and O–H groups in total. The highest BCUT2D eigenvalue weighted by Crippen LogP contribution is 2.19. The molecule has 0 amide bonds. The average molecular weight is 247 g/mol. The first-order valence-corrected chi connectivity index (χ1v) is 6.26. The molecule has 1 aromatic heterocycles. The van der Waals surface area contributed by atoms with Crippen molar-refractivity contribution >= 4 is 16.9 Å². The molecule has 0 saturated carbocycles. The summed E-state index contributed by atoms with van der Waals surface area (Å²) in [4.78, 5) is 4.01. The standard InChI is InChI=1S/C12H12N2O2S/c13-12-6-5-11(7-14-12)10-3-1-9(2-4-10)8-17(15)16/h1-7H,8H2,(H2,13,14)(H,15,16)/p-1. The molecule has 0 spiro atoms. The Balaban J connectivity index is 2.23. The first kappa shape index (κ1) is 11.8. The summed E-state index contributed by atoms with van der Waals surface area (Å²) >= 11 is -2.05. The maximum atomic E-state index is 10.5. The van der Waals surface area contributed by atoms with Gasteiger partial charge in [0.05, 0.1) is 0 Å². The summed E-state index contributed by atoms with van der Waals surface area (Å²) in [6, 6.07) is 10.9. The lowest BCUT2D eigenvalue weighted by atomic mass is 10.1. The van der Waals surface area contributed by atoms with Crippen molar-refractivity contribution in [3.63, 3.8) is 0 Å². The number of hydrogen-bond acceptors (Lipinski definition) is 4. The van der Waals surface area contributed by atoms with Crippen LogP contribution in [0.5, 0.6) is 0 Å². The molecule has 0 saturated heterocycles. The van der Waals surface area contributed by atoms with Crippen molar-refractivity contribution in [3.05, 3.63) is 48.2 Å². The largest absolute Gasteiger partial charge is 0.772 e. The third kappa shape index (κ3) is 3.12. The maximum absolute atomic E-state index is 10.5. The number of nitrogens with two attached hydrogens (primary N) is 1. The molecular weight excluding hydrogens is 236 g/mol. The number of pyridine rings is 1. The maximum Gasteiger partial charge on any atom is 0.123 e. The second-order valence-electron chi connectivity index (χ2n) is 3.62. The van der Waals surface area contributed by atoms with E-state index in [2.05, 4.69) is 4.98 Å². The normalized spacial score (nSPS) is 12.3. The third-order valence-corrected chi connectivity index (χ3v) is 2.93. The van der Waals surface area contributed by atoms with Gasteiger partial charge in [0.15, 0.2) is 0 Å². The number of hydrogen-bond donors (Lipinski definition) is 1. The van der Waals surface area contributed by atoms with Crippen molar-refractivity contribution in [1.82, 2.24) is 4.98 Å². The first-order chi connectivity index (χ1) is 8.15. The Morgan fingerprint density at radius 2 is 1.76 bits per heavy atom. The SMILES string of the molecule is Nc1ccc(-c2ccc(CS(=O)[O-])cc2)cn1. The van der Waals surface area contributed by atoms with Crippen LogP contribution in [0.3, 0.4) is 0 Å². The molecule has 2 aromatic rings. The van der Waals surface area contributed by atoms with Gasteiger partial charge in [-0.3, -0.25) is 4.21 Å².